The Hall–Kier alpha value is -3.39. The van der Waals surface area contributed by atoms with Crippen molar-refractivity contribution in [1.29, 1.82) is 0 Å². The molecule has 0 unspecified atom stereocenters. The molecule has 2 aromatic carbocycles. The van der Waals surface area contributed by atoms with Crippen molar-refractivity contribution in [3.63, 3.8) is 0 Å². The Bertz CT molecular complexity index is 1150. The largest absolute Gasteiger partial charge is 0.342 e. The fourth-order valence-corrected chi connectivity index (χ4v) is 4.26. The molecule has 0 aliphatic carbocycles. The second-order valence-corrected chi connectivity index (χ2v) is 9.32. The smallest absolute Gasteiger partial charge is 0.251 e. The lowest BCUT2D eigenvalue weighted by atomic mass is 10.0. The minimum absolute atomic E-state index is 0.117. The number of amides is 2. The number of aryl methyl sites for hydroxylation is 1. The van der Waals surface area contributed by atoms with Gasteiger partial charge in [-0.3, -0.25) is 9.59 Å². The molecule has 0 fully saturated rings. The highest BCUT2D eigenvalue weighted by Crippen LogP contribution is 2.25. The first-order chi connectivity index (χ1) is 16.3. The van der Waals surface area contributed by atoms with Crippen molar-refractivity contribution in [1.82, 2.24) is 20.1 Å². The van der Waals surface area contributed by atoms with Gasteiger partial charge in [-0.1, -0.05) is 67.6 Å². The van der Waals surface area contributed by atoms with Gasteiger partial charge in [0.1, 0.15) is 0 Å². The average Bonchev–Trinajstić information content (AvgIpc) is 3.21. The van der Waals surface area contributed by atoms with Gasteiger partial charge < -0.3 is 15.2 Å². The van der Waals surface area contributed by atoms with Gasteiger partial charge in [-0.15, -0.1) is 16.8 Å². The summed E-state index contributed by atoms with van der Waals surface area (Å²) in [5, 5.41) is 15.1. The Morgan fingerprint density at radius 1 is 1.09 bits per heavy atom. The highest BCUT2D eigenvalue weighted by molar-refractivity contribution is 7.99. The highest BCUT2D eigenvalue weighted by Gasteiger charge is 2.20. The molecule has 1 aromatic heterocycles. The van der Waals surface area contributed by atoms with Crippen LogP contribution in [-0.2, 0) is 11.3 Å². The van der Waals surface area contributed by atoms with Gasteiger partial charge in [0, 0.05) is 17.8 Å². The molecular weight excluding hydrogens is 446 g/mol. The fraction of sp³-hybridized carbons (Fsp3) is 0.308. The number of thioether (sulfide) groups is 1. The van der Waals surface area contributed by atoms with E-state index in [1.807, 2.05) is 54.8 Å². The minimum Gasteiger partial charge on any atom is -0.342 e. The van der Waals surface area contributed by atoms with E-state index in [9.17, 15) is 9.59 Å². The van der Waals surface area contributed by atoms with Crippen molar-refractivity contribution in [3.05, 3.63) is 83.7 Å². The number of carbonyl (C=O) groups is 2. The van der Waals surface area contributed by atoms with Gasteiger partial charge in [-0.2, -0.15) is 0 Å². The number of para-hydroxylation sites is 1. The number of aromatic nitrogens is 3. The number of nitrogens with zero attached hydrogens (tertiary/aromatic N) is 3. The van der Waals surface area contributed by atoms with E-state index in [-0.39, 0.29) is 23.6 Å². The molecule has 3 rings (SSSR count). The van der Waals surface area contributed by atoms with Crippen molar-refractivity contribution in [2.75, 3.05) is 11.1 Å². The summed E-state index contributed by atoms with van der Waals surface area (Å²) < 4.78 is 1.87. The summed E-state index contributed by atoms with van der Waals surface area (Å²) in [6.45, 7) is 12.3. The third-order valence-corrected chi connectivity index (χ3v) is 6.26. The standard InChI is InChI=1S/C26H31N5O2S/c1-6-15-31-24(19(5)27-25(33)20-13-11-18(4)12-14-20)29-30-26(31)34-16-23(32)28-22-10-8-7-9-21(22)17(2)3/h6-14,17,19H,1,15-16H2,2-5H3,(H,27,33)(H,28,32)/t19-/m1/s1. The van der Waals surface area contributed by atoms with Crippen molar-refractivity contribution in [2.45, 2.75) is 51.4 Å². The van der Waals surface area contributed by atoms with Crippen LogP contribution in [0.25, 0.3) is 0 Å². The first-order valence-corrected chi connectivity index (χ1v) is 12.2. The molecule has 2 N–H and O–H groups in total. The first kappa shape index (κ1) is 25.2. The maximum absolute atomic E-state index is 12.6. The number of allylic oxidation sites excluding steroid dienone is 1. The number of nitrogens with one attached hydrogen (secondary N) is 2. The third-order valence-electron chi connectivity index (χ3n) is 5.30. The molecule has 0 aliphatic rings. The summed E-state index contributed by atoms with van der Waals surface area (Å²) in [7, 11) is 0. The van der Waals surface area contributed by atoms with Crippen molar-refractivity contribution in [3.8, 4) is 0 Å². The molecule has 34 heavy (non-hydrogen) atoms. The summed E-state index contributed by atoms with van der Waals surface area (Å²) in [4.78, 5) is 25.3. The molecule has 7 nitrogen and oxygen atoms in total. The molecule has 8 heteroatoms. The van der Waals surface area contributed by atoms with Crippen molar-refractivity contribution < 1.29 is 9.59 Å². The molecule has 0 saturated heterocycles. The van der Waals surface area contributed by atoms with Crippen LogP contribution in [0.15, 0.2) is 66.3 Å². The predicted molar refractivity (Wildman–Crippen MR) is 137 cm³/mol. The van der Waals surface area contributed by atoms with Crippen LogP contribution in [0.3, 0.4) is 0 Å². The van der Waals surface area contributed by atoms with Crippen LogP contribution in [0, 0.1) is 6.92 Å². The summed E-state index contributed by atoms with van der Waals surface area (Å²) in [6.07, 6.45) is 1.74. The van der Waals surface area contributed by atoms with E-state index in [1.165, 1.54) is 11.8 Å². The van der Waals surface area contributed by atoms with Gasteiger partial charge in [0.05, 0.1) is 11.8 Å². The molecule has 0 aliphatic heterocycles. The quantitative estimate of drug-likeness (QED) is 0.313. The topological polar surface area (TPSA) is 88.9 Å². The SMILES string of the molecule is C=CCn1c(SCC(=O)Nc2ccccc2C(C)C)nnc1[C@@H](C)NC(=O)c1ccc(C)cc1. The zero-order chi connectivity index (χ0) is 24.7. The number of benzene rings is 2. The van der Waals surface area contributed by atoms with Crippen LogP contribution in [0.2, 0.25) is 0 Å². The normalized spacial score (nSPS) is 11.8. The summed E-state index contributed by atoms with van der Waals surface area (Å²) >= 11 is 1.30. The lowest BCUT2D eigenvalue weighted by molar-refractivity contribution is -0.113. The molecule has 2 amide bonds. The van der Waals surface area contributed by atoms with Crippen LogP contribution >= 0.6 is 11.8 Å². The van der Waals surface area contributed by atoms with Gasteiger partial charge >= 0.3 is 0 Å². The molecule has 0 radical (unpaired) electrons. The van der Waals surface area contributed by atoms with Crippen LogP contribution in [0.1, 0.15) is 60.0 Å². The summed E-state index contributed by atoms with van der Waals surface area (Å²) in [5.41, 5.74) is 3.59. The van der Waals surface area contributed by atoms with Crippen molar-refractivity contribution in [2.24, 2.45) is 0 Å². The molecule has 3 aromatic rings. The summed E-state index contributed by atoms with van der Waals surface area (Å²) in [5.74, 6) is 0.797. The molecule has 178 valence electrons. The maximum Gasteiger partial charge on any atom is 0.251 e. The van der Waals surface area contributed by atoms with Gasteiger partial charge in [-0.25, -0.2) is 0 Å². The van der Waals surface area contributed by atoms with Crippen LogP contribution in [0.4, 0.5) is 5.69 Å². The van der Waals surface area contributed by atoms with Gasteiger partial charge in [-0.05, 0) is 43.5 Å². The minimum atomic E-state index is -0.373. The third kappa shape index (κ3) is 6.35. The monoisotopic (exact) mass is 477 g/mol. The second-order valence-electron chi connectivity index (χ2n) is 8.38. The number of hydrogen-bond donors (Lipinski definition) is 2. The van der Waals surface area contributed by atoms with E-state index < -0.39 is 0 Å². The van der Waals surface area contributed by atoms with E-state index in [0.29, 0.717) is 29.0 Å². The van der Waals surface area contributed by atoms with Gasteiger partial charge in [0.25, 0.3) is 5.91 Å². The Kier molecular flexibility index (Phi) is 8.65. The van der Waals surface area contributed by atoms with Crippen LogP contribution in [-0.4, -0.2) is 32.3 Å². The Balaban J connectivity index is 1.67. The molecule has 0 saturated carbocycles. The fourth-order valence-electron chi connectivity index (χ4n) is 3.51. The maximum atomic E-state index is 12.6. The van der Waals surface area contributed by atoms with E-state index in [2.05, 4.69) is 41.3 Å². The van der Waals surface area contributed by atoms with E-state index in [0.717, 1.165) is 16.8 Å². The summed E-state index contributed by atoms with van der Waals surface area (Å²) in [6, 6.07) is 14.8. The predicted octanol–water partition coefficient (Wildman–Crippen LogP) is 5.12. The number of hydrogen-bond acceptors (Lipinski definition) is 5. The molecule has 1 heterocycles. The Morgan fingerprint density at radius 2 is 1.79 bits per heavy atom. The lowest BCUT2D eigenvalue weighted by Crippen LogP contribution is -2.28. The Labute approximate surface area is 205 Å². The average molecular weight is 478 g/mol. The van der Waals surface area contributed by atoms with Gasteiger partial charge in [0.15, 0.2) is 11.0 Å². The number of rotatable bonds is 10. The molecular formula is C26H31N5O2S. The van der Waals surface area contributed by atoms with Crippen molar-refractivity contribution >= 4 is 29.3 Å². The van der Waals surface area contributed by atoms with Crippen LogP contribution in [0.5, 0.6) is 0 Å². The second kappa shape index (κ2) is 11.7. The Morgan fingerprint density at radius 3 is 2.47 bits per heavy atom. The van der Waals surface area contributed by atoms with E-state index in [1.54, 1.807) is 18.2 Å². The zero-order valence-electron chi connectivity index (χ0n) is 20.0. The van der Waals surface area contributed by atoms with E-state index in [4.69, 9.17) is 0 Å². The molecule has 0 spiro atoms. The number of carbonyl (C=O) groups excluding carboxylic acids is 2. The zero-order valence-corrected chi connectivity index (χ0v) is 20.9. The molecule has 0 bridgehead atoms. The number of anilines is 1. The van der Waals surface area contributed by atoms with Crippen LogP contribution < -0.4 is 10.6 Å². The lowest BCUT2D eigenvalue weighted by Gasteiger charge is -2.16. The molecule has 1 atom stereocenters. The van der Waals surface area contributed by atoms with E-state index >= 15 is 0 Å². The van der Waals surface area contributed by atoms with Gasteiger partial charge in [0.2, 0.25) is 5.91 Å². The first-order valence-electron chi connectivity index (χ1n) is 11.2. The highest BCUT2D eigenvalue weighted by atomic mass is 32.2.